The molecule has 52 heavy (non-hydrogen) atoms. The summed E-state index contributed by atoms with van der Waals surface area (Å²) in [5.41, 5.74) is -1.72. The molecule has 3 saturated heterocycles. The van der Waals surface area contributed by atoms with Gasteiger partial charge in [-0.15, -0.1) is 0 Å². The smallest absolute Gasteiger partial charge is 0.408 e. The first kappa shape index (κ1) is 41.7. The number of amides is 1. The number of ketones is 1. The maximum absolute atomic E-state index is 14.3. The van der Waals surface area contributed by atoms with E-state index in [4.69, 9.17) is 28.4 Å². The molecule has 3 aliphatic heterocycles. The van der Waals surface area contributed by atoms with Gasteiger partial charge in [0.25, 0.3) is 0 Å². The number of Topliss-reactive ketones (excluding diaryl/α,β-unsaturated/α-hetero) is 1. The highest BCUT2D eigenvalue weighted by Crippen LogP contribution is 2.39. The third-order valence-corrected chi connectivity index (χ3v) is 11.5. The minimum Gasteiger partial charge on any atom is -0.459 e. The Labute approximate surface area is 309 Å². The maximum Gasteiger partial charge on any atom is 0.408 e. The van der Waals surface area contributed by atoms with E-state index in [9.17, 15) is 19.2 Å². The van der Waals surface area contributed by atoms with Crippen LogP contribution in [0.3, 0.4) is 0 Å². The summed E-state index contributed by atoms with van der Waals surface area (Å²) in [4.78, 5) is 55.5. The SMILES string of the molecule is CC[C@H]1OC(=O)C(C)C(=O)[C@H](C)[C@@H](O[C@@H]2OC(COC(=O)c3ccccc3)CC(N(C)C)C2C)[C@](C)(OC)C[C@@H](C)CN[C@H](C)[C@H]2NC(=O)O[C@@]21C. The van der Waals surface area contributed by atoms with E-state index in [2.05, 4.69) is 22.5 Å². The Balaban J connectivity index is 1.65. The number of carbonyl (C=O) groups excluding carboxylic acids is 4. The van der Waals surface area contributed by atoms with Gasteiger partial charge in [0.15, 0.2) is 17.7 Å². The molecular formula is C39H61N3O10. The molecule has 3 heterocycles. The van der Waals surface area contributed by atoms with Crippen LogP contribution in [0.4, 0.5) is 4.79 Å². The fraction of sp³-hybridized carbons (Fsp3) is 0.744. The van der Waals surface area contributed by atoms with Crippen LogP contribution in [0.1, 0.15) is 85.0 Å². The van der Waals surface area contributed by atoms with Gasteiger partial charge in [0.2, 0.25) is 0 Å². The molecule has 4 rings (SSSR count). The number of esters is 2. The summed E-state index contributed by atoms with van der Waals surface area (Å²) in [6.07, 6.45) is -2.03. The quantitative estimate of drug-likeness (QED) is 0.222. The molecule has 292 valence electrons. The molecule has 1 aromatic carbocycles. The third kappa shape index (κ3) is 9.15. The van der Waals surface area contributed by atoms with Gasteiger partial charge in [-0.1, -0.05) is 45.9 Å². The third-order valence-electron chi connectivity index (χ3n) is 11.5. The Kier molecular flexibility index (Phi) is 13.9. The van der Waals surface area contributed by atoms with E-state index in [1.165, 1.54) is 6.92 Å². The zero-order chi connectivity index (χ0) is 38.5. The van der Waals surface area contributed by atoms with Crippen LogP contribution in [0, 0.1) is 23.7 Å². The van der Waals surface area contributed by atoms with E-state index >= 15 is 0 Å². The molecule has 1 amide bonds. The number of rotatable bonds is 8. The van der Waals surface area contributed by atoms with Crippen molar-refractivity contribution >= 4 is 23.8 Å². The average Bonchev–Trinajstić information content (AvgIpc) is 3.44. The minimum absolute atomic E-state index is 0.00857. The van der Waals surface area contributed by atoms with Crippen molar-refractivity contribution in [3.63, 3.8) is 0 Å². The van der Waals surface area contributed by atoms with Crippen molar-refractivity contribution in [3.8, 4) is 0 Å². The first-order valence-corrected chi connectivity index (χ1v) is 18.7. The van der Waals surface area contributed by atoms with Crippen LogP contribution in [0.2, 0.25) is 0 Å². The normalized spacial score (nSPS) is 39.4. The molecule has 0 aromatic heterocycles. The minimum atomic E-state index is -1.16. The molecule has 3 aliphatic rings. The van der Waals surface area contributed by atoms with Crippen molar-refractivity contribution in [3.05, 3.63) is 35.9 Å². The molecule has 0 radical (unpaired) electrons. The van der Waals surface area contributed by atoms with Crippen molar-refractivity contribution in [2.75, 3.05) is 34.4 Å². The van der Waals surface area contributed by atoms with Gasteiger partial charge in [-0.3, -0.25) is 9.59 Å². The summed E-state index contributed by atoms with van der Waals surface area (Å²) < 4.78 is 37.2. The fourth-order valence-electron chi connectivity index (χ4n) is 8.28. The summed E-state index contributed by atoms with van der Waals surface area (Å²) in [7, 11) is 5.58. The van der Waals surface area contributed by atoms with Gasteiger partial charge in [-0.2, -0.15) is 0 Å². The average molecular weight is 732 g/mol. The van der Waals surface area contributed by atoms with Crippen molar-refractivity contribution < 1.29 is 47.6 Å². The standard InChI is InChI=1S/C39H61N3O10/c1-12-30-39(8)32(41-37(46)52-39)26(6)40-20-22(2)19-38(7,47-11)33(24(4)31(43)25(5)34(44)50-30)51-36-23(3)29(42(9)10)18-28(49-36)21-48-35(45)27-16-14-13-15-17-27/h13-17,22-26,28-30,32-33,36,40H,12,18-21H2,1-11H3,(H,41,46)/t22-,23?,24+,25?,26-,28?,29?,30-,32-,33-,36+,38-,39-/m1/s1. The van der Waals surface area contributed by atoms with E-state index in [0.29, 0.717) is 31.4 Å². The number of nitrogens with zero attached hydrogens (tertiary/aromatic N) is 1. The van der Waals surface area contributed by atoms with Crippen LogP contribution in [0.25, 0.3) is 0 Å². The fourth-order valence-corrected chi connectivity index (χ4v) is 8.28. The highest BCUT2D eigenvalue weighted by Gasteiger charge is 2.55. The van der Waals surface area contributed by atoms with Gasteiger partial charge in [0, 0.05) is 31.0 Å². The van der Waals surface area contributed by atoms with Gasteiger partial charge in [0.05, 0.1) is 29.4 Å². The van der Waals surface area contributed by atoms with Crippen LogP contribution in [0.5, 0.6) is 0 Å². The molecule has 13 heteroatoms. The number of cyclic esters (lactones) is 1. The number of ether oxygens (including phenoxy) is 6. The van der Waals surface area contributed by atoms with E-state index in [1.807, 2.05) is 47.9 Å². The molecule has 1 aromatic rings. The molecule has 3 fully saturated rings. The second-order valence-electron chi connectivity index (χ2n) is 15.7. The number of carbonyl (C=O) groups is 4. The molecule has 13 atom stereocenters. The van der Waals surface area contributed by atoms with Crippen molar-refractivity contribution in [2.45, 2.75) is 129 Å². The summed E-state index contributed by atoms with van der Waals surface area (Å²) in [6.45, 7) is 15.5. The topological polar surface area (TPSA) is 151 Å². The Morgan fingerprint density at radius 1 is 1.04 bits per heavy atom. The lowest BCUT2D eigenvalue weighted by molar-refractivity contribution is -0.286. The van der Waals surface area contributed by atoms with Crippen molar-refractivity contribution in [1.82, 2.24) is 15.5 Å². The van der Waals surface area contributed by atoms with Crippen molar-refractivity contribution in [2.24, 2.45) is 23.7 Å². The molecule has 2 N–H and O–H groups in total. The Hall–Kier alpha value is -3.10. The van der Waals surface area contributed by atoms with Crippen LogP contribution < -0.4 is 10.6 Å². The summed E-state index contributed by atoms with van der Waals surface area (Å²) in [5.74, 6) is -3.60. The zero-order valence-corrected chi connectivity index (χ0v) is 32.8. The molecule has 0 saturated carbocycles. The molecular weight excluding hydrogens is 670 g/mol. The highest BCUT2D eigenvalue weighted by atomic mass is 16.7. The summed E-state index contributed by atoms with van der Waals surface area (Å²) in [6, 6.07) is 8.06. The molecule has 4 unspecified atom stereocenters. The van der Waals surface area contributed by atoms with Gasteiger partial charge in [0.1, 0.15) is 18.6 Å². The lowest BCUT2D eigenvalue weighted by Gasteiger charge is -2.47. The van der Waals surface area contributed by atoms with E-state index < -0.39 is 71.7 Å². The number of hydrogen-bond donors (Lipinski definition) is 2. The van der Waals surface area contributed by atoms with Crippen LogP contribution in [0.15, 0.2) is 30.3 Å². The maximum atomic E-state index is 14.3. The van der Waals surface area contributed by atoms with Crippen molar-refractivity contribution in [1.29, 1.82) is 0 Å². The molecule has 0 aliphatic carbocycles. The molecule has 0 bridgehead atoms. The van der Waals surface area contributed by atoms with Gasteiger partial charge >= 0.3 is 18.0 Å². The lowest BCUT2D eigenvalue weighted by Crippen LogP contribution is -2.60. The lowest BCUT2D eigenvalue weighted by atomic mass is 9.78. The predicted octanol–water partition coefficient (Wildman–Crippen LogP) is 4.36. The number of methoxy groups -OCH3 is 1. The first-order chi connectivity index (χ1) is 24.4. The zero-order valence-electron chi connectivity index (χ0n) is 32.8. The second kappa shape index (κ2) is 17.4. The highest BCUT2D eigenvalue weighted by molar-refractivity contribution is 6.00. The largest absolute Gasteiger partial charge is 0.459 e. The van der Waals surface area contributed by atoms with Crippen LogP contribution in [-0.2, 0) is 38.0 Å². The summed E-state index contributed by atoms with van der Waals surface area (Å²) in [5, 5.41) is 6.47. The first-order valence-electron chi connectivity index (χ1n) is 18.7. The van der Waals surface area contributed by atoms with Gasteiger partial charge in [-0.25, -0.2) is 9.59 Å². The van der Waals surface area contributed by atoms with E-state index in [0.717, 1.165) is 0 Å². The predicted molar refractivity (Wildman–Crippen MR) is 193 cm³/mol. The number of nitrogens with one attached hydrogen (secondary N) is 2. The Morgan fingerprint density at radius 2 is 1.71 bits per heavy atom. The van der Waals surface area contributed by atoms with Gasteiger partial charge < -0.3 is 44.0 Å². The molecule has 0 spiro atoms. The Morgan fingerprint density at radius 3 is 2.33 bits per heavy atom. The molecule has 13 nitrogen and oxygen atoms in total. The number of fused-ring (bicyclic) bond motifs is 1. The van der Waals surface area contributed by atoms with E-state index in [1.54, 1.807) is 45.2 Å². The van der Waals surface area contributed by atoms with Gasteiger partial charge in [-0.05, 0) is 85.6 Å². The second-order valence-corrected chi connectivity index (χ2v) is 15.7. The number of benzene rings is 1. The van der Waals surface area contributed by atoms with Crippen LogP contribution >= 0.6 is 0 Å². The van der Waals surface area contributed by atoms with Crippen LogP contribution in [-0.4, -0.2) is 117 Å². The number of alkyl carbamates (subject to hydrolysis) is 1. The Bertz CT molecular complexity index is 1400. The summed E-state index contributed by atoms with van der Waals surface area (Å²) >= 11 is 0. The number of hydrogen-bond acceptors (Lipinski definition) is 12. The van der Waals surface area contributed by atoms with E-state index in [-0.39, 0.29) is 36.3 Å². The monoisotopic (exact) mass is 731 g/mol.